The highest BCUT2D eigenvalue weighted by Gasteiger charge is 2.12. The van der Waals surface area contributed by atoms with E-state index in [1.807, 2.05) is 0 Å². The third-order valence-electron chi connectivity index (χ3n) is 1.38. The molecule has 70 valence electrons. The molecule has 0 aliphatic heterocycles. The molecule has 1 heterocycles. The number of ether oxygens (including phenoxy) is 1. The summed E-state index contributed by atoms with van der Waals surface area (Å²) in [7, 11) is 1.15. The van der Waals surface area contributed by atoms with Gasteiger partial charge in [0, 0.05) is 18.3 Å². The van der Waals surface area contributed by atoms with E-state index >= 15 is 0 Å². The SMILES string of the molecule is COC(=O)C(=O)NCc1cn[nH]c1. The first kappa shape index (κ1) is 9.24. The monoisotopic (exact) mass is 183 g/mol. The van der Waals surface area contributed by atoms with Crippen molar-refractivity contribution in [2.45, 2.75) is 6.54 Å². The van der Waals surface area contributed by atoms with Gasteiger partial charge in [-0.2, -0.15) is 5.10 Å². The van der Waals surface area contributed by atoms with Gasteiger partial charge < -0.3 is 10.1 Å². The van der Waals surface area contributed by atoms with E-state index in [1.54, 1.807) is 12.4 Å². The van der Waals surface area contributed by atoms with Crippen LogP contribution in [0.2, 0.25) is 0 Å². The normalized spacial score (nSPS) is 9.31. The van der Waals surface area contributed by atoms with Crippen LogP contribution in [0, 0.1) is 0 Å². The molecule has 0 saturated heterocycles. The lowest BCUT2D eigenvalue weighted by atomic mass is 10.3. The van der Waals surface area contributed by atoms with Crippen LogP contribution in [0.15, 0.2) is 12.4 Å². The summed E-state index contributed by atoms with van der Waals surface area (Å²) in [6.07, 6.45) is 3.18. The first-order valence-corrected chi connectivity index (χ1v) is 3.58. The number of aromatic amines is 1. The van der Waals surface area contributed by atoms with E-state index in [0.717, 1.165) is 12.7 Å². The topological polar surface area (TPSA) is 84.1 Å². The van der Waals surface area contributed by atoms with Crippen molar-refractivity contribution in [2.75, 3.05) is 7.11 Å². The number of carbonyl (C=O) groups is 2. The lowest BCUT2D eigenvalue weighted by Crippen LogP contribution is -2.31. The number of hydrogen-bond donors (Lipinski definition) is 2. The maximum absolute atomic E-state index is 10.9. The van der Waals surface area contributed by atoms with Crippen LogP contribution in [0.5, 0.6) is 0 Å². The average molecular weight is 183 g/mol. The van der Waals surface area contributed by atoms with E-state index in [-0.39, 0.29) is 6.54 Å². The van der Waals surface area contributed by atoms with Crippen LogP contribution in [0.4, 0.5) is 0 Å². The minimum Gasteiger partial charge on any atom is -0.462 e. The Balaban J connectivity index is 2.35. The fourth-order valence-corrected chi connectivity index (χ4v) is 0.722. The first-order chi connectivity index (χ1) is 6.24. The van der Waals surface area contributed by atoms with Crippen molar-refractivity contribution in [1.29, 1.82) is 0 Å². The molecule has 0 radical (unpaired) electrons. The Hall–Kier alpha value is -1.85. The van der Waals surface area contributed by atoms with Crippen LogP contribution in [0.3, 0.4) is 0 Å². The van der Waals surface area contributed by atoms with Gasteiger partial charge in [-0.3, -0.25) is 9.89 Å². The molecular formula is C7H9N3O3. The Morgan fingerprint density at radius 2 is 2.46 bits per heavy atom. The number of aromatic nitrogens is 2. The van der Waals surface area contributed by atoms with Gasteiger partial charge in [-0.15, -0.1) is 0 Å². The summed E-state index contributed by atoms with van der Waals surface area (Å²) in [5.74, 6) is -1.66. The van der Waals surface area contributed by atoms with Crippen LogP contribution >= 0.6 is 0 Å². The largest absolute Gasteiger partial charge is 0.462 e. The third kappa shape index (κ3) is 2.58. The van der Waals surface area contributed by atoms with E-state index in [9.17, 15) is 9.59 Å². The molecule has 0 atom stereocenters. The molecule has 6 nitrogen and oxygen atoms in total. The van der Waals surface area contributed by atoms with Crippen molar-refractivity contribution in [3.05, 3.63) is 18.0 Å². The van der Waals surface area contributed by atoms with Crippen LogP contribution in [0.25, 0.3) is 0 Å². The Morgan fingerprint density at radius 1 is 1.69 bits per heavy atom. The highest BCUT2D eigenvalue weighted by atomic mass is 16.5. The zero-order valence-electron chi connectivity index (χ0n) is 7.03. The Bertz CT molecular complexity index is 294. The summed E-state index contributed by atoms with van der Waals surface area (Å²) in [6, 6.07) is 0. The molecule has 6 heteroatoms. The molecule has 0 aliphatic carbocycles. The Morgan fingerprint density at radius 3 is 3.00 bits per heavy atom. The van der Waals surface area contributed by atoms with Crippen molar-refractivity contribution in [1.82, 2.24) is 15.5 Å². The summed E-state index contributed by atoms with van der Waals surface area (Å²) in [5, 5.41) is 8.61. The number of H-pyrrole nitrogens is 1. The zero-order valence-corrected chi connectivity index (χ0v) is 7.03. The number of nitrogens with one attached hydrogen (secondary N) is 2. The van der Waals surface area contributed by atoms with Gasteiger partial charge in [0.05, 0.1) is 13.3 Å². The predicted molar refractivity (Wildman–Crippen MR) is 42.5 cm³/mol. The van der Waals surface area contributed by atoms with Crippen LogP contribution < -0.4 is 5.32 Å². The van der Waals surface area contributed by atoms with Crippen LogP contribution in [-0.4, -0.2) is 29.2 Å². The first-order valence-electron chi connectivity index (χ1n) is 3.58. The van der Waals surface area contributed by atoms with Gasteiger partial charge >= 0.3 is 11.9 Å². The molecule has 2 N–H and O–H groups in total. The Labute approximate surface area is 74.3 Å². The molecule has 1 aromatic heterocycles. The van der Waals surface area contributed by atoms with E-state index < -0.39 is 11.9 Å². The summed E-state index contributed by atoms with van der Waals surface area (Å²) in [4.78, 5) is 21.5. The molecule has 1 aromatic rings. The zero-order chi connectivity index (χ0) is 9.68. The van der Waals surface area contributed by atoms with Crippen LogP contribution in [-0.2, 0) is 20.9 Å². The number of esters is 1. The predicted octanol–water partition coefficient (Wildman–Crippen LogP) is -0.801. The van der Waals surface area contributed by atoms with Crippen LogP contribution in [0.1, 0.15) is 5.56 Å². The minimum atomic E-state index is -0.900. The standard InChI is InChI=1S/C7H9N3O3/c1-13-7(12)6(11)8-2-5-3-9-10-4-5/h3-4H,2H2,1H3,(H,8,11)(H,9,10). The molecule has 0 fully saturated rings. The maximum atomic E-state index is 10.9. The van der Waals surface area contributed by atoms with E-state index in [0.29, 0.717) is 0 Å². The number of rotatable bonds is 2. The molecule has 0 spiro atoms. The van der Waals surface area contributed by atoms with Gasteiger partial charge in [0.25, 0.3) is 0 Å². The summed E-state index contributed by atoms with van der Waals surface area (Å²) < 4.78 is 4.21. The molecule has 0 bridgehead atoms. The summed E-state index contributed by atoms with van der Waals surface area (Å²) in [6.45, 7) is 0.254. The molecule has 13 heavy (non-hydrogen) atoms. The lowest BCUT2D eigenvalue weighted by molar-refractivity contribution is -0.152. The van der Waals surface area contributed by atoms with Gasteiger partial charge in [-0.05, 0) is 0 Å². The summed E-state index contributed by atoms with van der Waals surface area (Å²) in [5.41, 5.74) is 0.789. The molecule has 0 aromatic carbocycles. The minimum absolute atomic E-state index is 0.254. The molecule has 0 unspecified atom stereocenters. The van der Waals surface area contributed by atoms with Crippen molar-refractivity contribution in [3.63, 3.8) is 0 Å². The third-order valence-corrected chi connectivity index (χ3v) is 1.38. The van der Waals surface area contributed by atoms with E-state index in [1.165, 1.54) is 0 Å². The van der Waals surface area contributed by atoms with Gasteiger partial charge in [-0.25, -0.2) is 4.79 Å². The fourth-order valence-electron chi connectivity index (χ4n) is 0.722. The molecule has 0 aliphatic rings. The smallest absolute Gasteiger partial charge is 0.396 e. The second-order valence-corrected chi connectivity index (χ2v) is 2.28. The second kappa shape index (κ2) is 4.24. The number of amides is 1. The van der Waals surface area contributed by atoms with Gasteiger partial charge in [0.15, 0.2) is 0 Å². The quantitative estimate of drug-likeness (QED) is 0.464. The second-order valence-electron chi connectivity index (χ2n) is 2.28. The molecule has 1 rings (SSSR count). The highest BCUT2D eigenvalue weighted by Crippen LogP contribution is 1.91. The van der Waals surface area contributed by atoms with Gasteiger partial charge in [0.1, 0.15) is 0 Å². The van der Waals surface area contributed by atoms with E-state index in [2.05, 4.69) is 20.3 Å². The molecule has 0 saturated carbocycles. The Kier molecular flexibility index (Phi) is 3.02. The number of nitrogens with zero attached hydrogens (tertiary/aromatic N) is 1. The highest BCUT2D eigenvalue weighted by molar-refractivity contribution is 6.32. The lowest BCUT2D eigenvalue weighted by Gasteiger charge is -2.00. The molecule has 1 amide bonds. The average Bonchev–Trinajstić information content (AvgIpc) is 2.65. The van der Waals surface area contributed by atoms with Crippen molar-refractivity contribution < 1.29 is 14.3 Å². The number of methoxy groups -OCH3 is 1. The number of hydrogen-bond acceptors (Lipinski definition) is 4. The maximum Gasteiger partial charge on any atom is 0.396 e. The van der Waals surface area contributed by atoms with Crippen molar-refractivity contribution >= 4 is 11.9 Å². The summed E-state index contributed by atoms with van der Waals surface area (Å²) >= 11 is 0. The fraction of sp³-hybridized carbons (Fsp3) is 0.286. The van der Waals surface area contributed by atoms with E-state index in [4.69, 9.17) is 0 Å². The van der Waals surface area contributed by atoms with Gasteiger partial charge in [0.2, 0.25) is 0 Å². The number of carbonyl (C=O) groups excluding carboxylic acids is 2. The molecular weight excluding hydrogens is 174 g/mol. The van der Waals surface area contributed by atoms with Crippen molar-refractivity contribution in [3.8, 4) is 0 Å². The van der Waals surface area contributed by atoms with Crippen molar-refractivity contribution in [2.24, 2.45) is 0 Å². The van der Waals surface area contributed by atoms with Gasteiger partial charge in [-0.1, -0.05) is 0 Å².